The highest BCUT2D eigenvalue weighted by Gasteiger charge is 2.27. The van der Waals surface area contributed by atoms with Crippen molar-refractivity contribution in [3.8, 4) is 11.1 Å². The highest BCUT2D eigenvalue weighted by atomic mass is 16.5. The topological polar surface area (TPSA) is 97.7 Å². The number of hydrogen-bond acceptors (Lipinski definition) is 6. The Morgan fingerprint density at radius 3 is 2.34 bits per heavy atom. The van der Waals surface area contributed by atoms with Crippen molar-refractivity contribution in [2.45, 2.75) is 32.7 Å². The van der Waals surface area contributed by atoms with Crippen LogP contribution in [0.15, 0.2) is 60.8 Å². The third-order valence-electron chi connectivity index (χ3n) is 7.43. The van der Waals surface area contributed by atoms with Gasteiger partial charge in [-0.25, -0.2) is 9.59 Å². The lowest BCUT2D eigenvalue weighted by atomic mass is 9.92. The molecule has 2 amide bonds. The van der Waals surface area contributed by atoms with Crippen LogP contribution in [0.4, 0.5) is 16.2 Å². The van der Waals surface area contributed by atoms with E-state index in [9.17, 15) is 9.59 Å². The molecular formula is C32H37N5O4. The first kappa shape index (κ1) is 28.3. The van der Waals surface area contributed by atoms with Crippen LogP contribution in [-0.4, -0.2) is 59.9 Å². The van der Waals surface area contributed by atoms with E-state index in [0.717, 1.165) is 66.1 Å². The molecule has 1 aliphatic heterocycles. The molecule has 5 rings (SSSR count). The van der Waals surface area contributed by atoms with Gasteiger partial charge in [0.25, 0.3) is 0 Å². The molecule has 4 aromatic rings. The van der Waals surface area contributed by atoms with E-state index in [4.69, 9.17) is 14.5 Å². The number of hydrogen-bond donors (Lipinski definition) is 2. The second-order valence-corrected chi connectivity index (χ2v) is 11.3. The summed E-state index contributed by atoms with van der Waals surface area (Å²) in [5, 5.41) is 7.74. The van der Waals surface area contributed by atoms with E-state index < -0.39 is 12.0 Å². The van der Waals surface area contributed by atoms with Crippen molar-refractivity contribution >= 4 is 34.1 Å². The number of ether oxygens (including phenoxy) is 2. The second kappa shape index (κ2) is 11.7. The lowest BCUT2D eigenvalue weighted by Crippen LogP contribution is -2.35. The Balaban J connectivity index is 1.38. The molecule has 1 saturated heterocycles. The first-order valence-electron chi connectivity index (χ1n) is 13.8. The fourth-order valence-corrected chi connectivity index (χ4v) is 5.36. The summed E-state index contributed by atoms with van der Waals surface area (Å²) in [7, 11) is 3.13. The number of nitrogens with zero attached hydrogens (tertiary/aromatic N) is 3. The molecule has 2 aromatic heterocycles. The van der Waals surface area contributed by atoms with E-state index in [-0.39, 0.29) is 11.1 Å². The summed E-state index contributed by atoms with van der Waals surface area (Å²) in [5.74, 6) is -0.516. The van der Waals surface area contributed by atoms with Crippen molar-refractivity contribution in [2.75, 3.05) is 44.0 Å². The number of carbonyl (C=O) groups excluding carboxylic acids is 2. The number of urea groups is 1. The van der Waals surface area contributed by atoms with E-state index in [1.807, 2.05) is 69.4 Å². The van der Waals surface area contributed by atoms with Gasteiger partial charge in [0.2, 0.25) is 0 Å². The fraction of sp³-hybridized carbons (Fsp3) is 0.344. The largest absolute Gasteiger partial charge is 0.464 e. The third-order valence-corrected chi connectivity index (χ3v) is 7.43. The van der Waals surface area contributed by atoms with Gasteiger partial charge in [-0.05, 0) is 29.1 Å². The average molecular weight is 556 g/mol. The minimum absolute atomic E-state index is 0.241. The number of benzene rings is 2. The highest BCUT2D eigenvalue weighted by molar-refractivity contribution is 6.11. The maximum Gasteiger partial charge on any atom is 0.356 e. The standard InChI is InChI=1S/C32H37N5O4/c1-32(2,3)28-18-27(29(36(28)4)30(38)40-5)35-31(39)34-26-13-12-23(24-8-6-7-9-25(24)26)21-10-11-22(33-19-21)20-37-14-16-41-17-15-37/h6-13,18-19H,14-17,20H2,1-5H3,(H2,34,35,39). The number of nitrogens with one attached hydrogen (secondary N) is 2. The molecule has 0 radical (unpaired) electrons. The first-order chi connectivity index (χ1) is 19.7. The number of aromatic nitrogens is 2. The Labute approximate surface area is 240 Å². The smallest absolute Gasteiger partial charge is 0.356 e. The molecule has 0 bridgehead atoms. The predicted molar refractivity (Wildman–Crippen MR) is 161 cm³/mol. The van der Waals surface area contributed by atoms with Crippen LogP contribution in [0, 0.1) is 0 Å². The van der Waals surface area contributed by atoms with Gasteiger partial charge in [0.05, 0.1) is 37.4 Å². The summed E-state index contributed by atoms with van der Waals surface area (Å²) in [6, 6.07) is 17.4. The van der Waals surface area contributed by atoms with Crippen LogP contribution in [-0.2, 0) is 28.5 Å². The van der Waals surface area contributed by atoms with Gasteiger partial charge in [-0.3, -0.25) is 9.88 Å². The lowest BCUT2D eigenvalue weighted by Gasteiger charge is -2.26. The molecule has 9 heteroatoms. The third kappa shape index (κ3) is 6.11. The summed E-state index contributed by atoms with van der Waals surface area (Å²) in [4.78, 5) is 32.9. The van der Waals surface area contributed by atoms with Crippen LogP contribution in [0.25, 0.3) is 21.9 Å². The van der Waals surface area contributed by atoms with Crippen molar-refractivity contribution in [1.82, 2.24) is 14.5 Å². The summed E-state index contributed by atoms with van der Waals surface area (Å²) in [6.07, 6.45) is 1.91. The maximum absolute atomic E-state index is 13.2. The zero-order valence-electron chi connectivity index (χ0n) is 24.3. The molecule has 0 aliphatic carbocycles. The molecule has 1 fully saturated rings. The molecule has 0 atom stereocenters. The number of methoxy groups -OCH3 is 1. The molecule has 0 unspecified atom stereocenters. The van der Waals surface area contributed by atoms with E-state index >= 15 is 0 Å². The minimum atomic E-state index is -0.516. The van der Waals surface area contributed by atoms with Crippen molar-refractivity contribution in [3.63, 3.8) is 0 Å². The molecule has 0 spiro atoms. The Hall–Kier alpha value is -4.21. The minimum Gasteiger partial charge on any atom is -0.464 e. The summed E-state index contributed by atoms with van der Waals surface area (Å²) < 4.78 is 12.2. The fourth-order valence-electron chi connectivity index (χ4n) is 5.36. The lowest BCUT2D eigenvalue weighted by molar-refractivity contribution is 0.0336. The molecule has 2 aromatic carbocycles. The molecule has 1 aliphatic rings. The van der Waals surface area contributed by atoms with Gasteiger partial charge in [0.15, 0.2) is 5.69 Å². The first-order valence-corrected chi connectivity index (χ1v) is 13.8. The Kier molecular flexibility index (Phi) is 8.10. The number of esters is 1. The normalized spacial score (nSPS) is 14.2. The Morgan fingerprint density at radius 1 is 0.976 bits per heavy atom. The van der Waals surface area contributed by atoms with Crippen molar-refractivity contribution in [2.24, 2.45) is 7.05 Å². The van der Waals surface area contributed by atoms with Crippen molar-refractivity contribution < 1.29 is 19.1 Å². The average Bonchev–Trinajstić information content (AvgIpc) is 3.29. The molecule has 0 saturated carbocycles. The van der Waals surface area contributed by atoms with Crippen LogP contribution < -0.4 is 10.6 Å². The van der Waals surface area contributed by atoms with Crippen molar-refractivity contribution in [3.05, 3.63) is 77.9 Å². The van der Waals surface area contributed by atoms with Crippen LogP contribution in [0.3, 0.4) is 0 Å². The quantitative estimate of drug-likeness (QED) is 0.292. The number of pyridine rings is 1. The molecule has 214 valence electrons. The number of anilines is 2. The number of amides is 2. The SMILES string of the molecule is COC(=O)c1c(NC(=O)Nc2ccc(-c3ccc(CN4CCOCC4)nc3)c3ccccc23)cc(C(C)(C)C)n1C. The van der Waals surface area contributed by atoms with Gasteiger partial charge in [-0.1, -0.05) is 57.2 Å². The maximum atomic E-state index is 13.2. The van der Waals surface area contributed by atoms with E-state index in [1.165, 1.54) is 7.11 Å². The molecule has 41 heavy (non-hydrogen) atoms. The summed E-state index contributed by atoms with van der Waals surface area (Å²) in [5.41, 5.74) is 5.06. The van der Waals surface area contributed by atoms with Crippen LogP contribution in [0.1, 0.15) is 42.6 Å². The van der Waals surface area contributed by atoms with E-state index in [2.05, 4.69) is 27.7 Å². The molecule has 3 heterocycles. The summed E-state index contributed by atoms with van der Waals surface area (Å²) in [6.45, 7) is 10.3. The Morgan fingerprint density at radius 2 is 1.68 bits per heavy atom. The van der Waals surface area contributed by atoms with Crippen LogP contribution in [0.2, 0.25) is 0 Å². The van der Waals surface area contributed by atoms with E-state index in [0.29, 0.717) is 11.4 Å². The van der Waals surface area contributed by atoms with Gasteiger partial charge in [-0.2, -0.15) is 0 Å². The highest BCUT2D eigenvalue weighted by Crippen LogP contribution is 2.34. The second-order valence-electron chi connectivity index (χ2n) is 11.3. The molecule has 2 N–H and O–H groups in total. The van der Waals surface area contributed by atoms with Gasteiger partial charge in [-0.15, -0.1) is 0 Å². The molecule has 9 nitrogen and oxygen atoms in total. The number of carbonyl (C=O) groups is 2. The number of fused-ring (bicyclic) bond motifs is 1. The molecular weight excluding hydrogens is 518 g/mol. The summed E-state index contributed by atoms with van der Waals surface area (Å²) >= 11 is 0. The van der Waals surface area contributed by atoms with Crippen LogP contribution >= 0.6 is 0 Å². The van der Waals surface area contributed by atoms with Gasteiger partial charge < -0.3 is 24.7 Å². The zero-order chi connectivity index (χ0) is 29.1. The van der Waals surface area contributed by atoms with Crippen LogP contribution in [0.5, 0.6) is 0 Å². The van der Waals surface area contributed by atoms with Gasteiger partial charge in [0, 0.05) is 54.9 Å². The Bertz CT molecular complexity index is 1560. The zero-order valence-corrected chi connectivity index (χ0v) is 24.3. The predicted octanol–water partition coefficient (Wildman–Crippen LogP) is 5.80. The van der Waals surface area contributed by atoms with E-state index in [1.54, 1.807) is 11.6 Å². The number of morpholine rings is 1. The van der Waals surface area contributed by atoms with Gasteiger partial charge >= 0.3 is 12.0 Å². The van der Waals surface area contributed by atoms with Gasteiger partial charge in [0.1, 0.15) is 0 Å². The monoisotopic (exact) mass is 555 g/mol. The number of rotatable bonds is 6. The van der Waals surface area contributed by atoms with Crippen molar-refractivity contribution in [1.29, 1.82) is 0 Å².